The van der Waals surface area contributed by atoms with Gasteiger partial charge < -0.3 is 5.32 Å². The van der Waals surface area contributed by atoms with Crippen molar-refractivity contribution in [2.24, 2.45) is 11.8 Å². The highest BCUT2D eigenvalue weighted by Crippen LogP contribution is 2.33. The van der Waals surface area contributed by atoms with Crippen LogP contribution in [0.3, 0.4) is 0 Å². The number of aromatic nitrogens is 1. The zero-order valence-electron chi connectivity index (χ0n) is 12.5. The summed E-state index contributed by atoms with van der Waals surface area (Å²) in [6, 6.07) is 4.01. The number of halogens is 1. The number of hydrogen-bond donors (Lipinski definition) is 2. The van der Waals surface area contributed by atoms with E-state index >= 15 is 0 Å². The lowest BCUT2D eigenvalue weighted by atomic mass is 9.77. The molecule has 1 unspecified atom stereocenters. The van der Waals surface area contributed by atoms with Crippen LogP contribution >= 0.6 is 11.8 Å². The first-order chi connectivity index (χ1) is 10.2. The van der Waals surface area contributed by atoms with E-state index in [2.05, 4.69) is 22.1 Å². The van der Waals surface area contributed by atoms with Crippen LogP contribution in [0.4, 0.5) is 5.69 Å². The summed E-state index contributed by atoms with van der Waals surface area (Å²) in [6.45, 7) is 2.18. The molecule has 0 aromatic carbocycles. The molecule has 1 saturated carbocycles. The fourth-order valence-electron chi connectivity index (χ4n) is 3.15. The maximum atomic E-state index is 12.3. The van der Waals surface area contributed by atoms with Crippen LogP contribution in [0.1, 0.15) is 45.4 Å². The van der Waals surface area contributed by atoms with Crippen LogP contribution in [-0.4, -0.2) is 16.9 Å². The highest BCUT2D eigenvalue weighted by Gasteiger charge is 2.30. The Kier molecular flexibility index (Phi) is 6.46. The Morgan fingerprint density at radius 3 is 2.57 bits per heavy atom. The molecule has 0 bridgehead atoms. The number of amides is 1. The molecule has 1 aromatic rings. The Bertz CT molecular complexity index is 432. The Hall–Kier alpha value is -1.13. The van der Waals surface area contributed by atoms with Crippen LogP contribution < -0.4 is 10.2 Å². The zero-order chi connectivity index (χ0) is 15.1. The van der Waals surface area contributed by atoms with Crippen LogP contribution in [0.2, 0.25) is 0 Å². The molecule has 1 aliphatic rings. The van der Waals surface area contributed by atoms with E-state index in [9.17, 15) is 4.79 Å². The lowest BCUT2D eigenvalue weighted by Crippen LogP contribution is -2.35. The zero-order valence-corrected chi connectivity index (χ0v) is 13.3. The monoisotopic (exact) mass is 309 g/mol. The third-order valence-electron chi connectivity index (χ3n) is 4.40. The Morgan fingerprint density at radius 2 is 2.00 bits per heavy atom. The average Bonchev–Trinajstić information content (AvgIpc) is 2.54. The SMILES string of the molecule is CCCC(NCl)C1CCC(C(=O)Nc2ccncc2)CC1. The van der Waals surface area contributed by atoms with Crippen LogP contribution in [0.25, 0.3) is 0 Å². The van der Waals surface area contributed by atoms with Crippen molar-refractivity contribution in [3.05, 3.63) is 24.5 Å². The summed E-state index contributed by atoms with van der Waals surface area (Å²) in [4.78, 5) is 19.1. The van der Waals surface area contributed by atoms with Crippen molar-refractivity contribution in [3.63, 3.8) is 0 Å². The molecule has 1 aliphatic carbocycles. The van der Waals surface area contributed by atoms with Gasteiger partial charge in [-0.05, 0) is 61.9 Å². The standard InChI is InChI=1S/C16H24ClN3O/c1-2-3-15(20-17)12-4-6-13(7-5-12)16(21)19-14-8-10-18-11-9-14/h8-13,15,20H,2-7H2,1H3,(H,18,19,21). The quantitative estimate of drug-likeness (QED) is 0.787. The van der Waals surface area contributed by atoms with Crippen molar-refractivity contribution in [2.75, 3.05) is 5.32 Å². The van der Waals surface area contributed by atoms with Crippen molar-refractivity contribution in [2.45, 2.75) is 51.5 Å². The Labute approximate surface area is 131 Å². The molecule has 0 saturated heterocycles. The van der Waals surface area contributed by atoms with E-state index in [4.69, 9.17) is 11.8 Å². The molecule has 4 nitrogen and oxygen atoms in total. The fraction of sp³-hybridized carbons (Fsp3) is 0.625. The molecule has 1 heterocycles. The molecule has 1 fully saturated rings. The van der Waals surface area contributed by atoms with Gasteiger partial charge in [-0.2, -0.15) is 0 Å². The molecule has 1 aromatic heterocycles. The number of pyridine rings is 1. The Morgan fingerprint density at radius 1 is 1.33 bits per heavy atom. The van der Waals surface area contributed by atoms with Crippen LogP contribution in [-0.2, 0) is 4.79 Å². The second-order valence-corrected chi connectivity index (χ2v) is 6.06. The van der Waals surface area contributed by atoms with Gasteiger partial charge in [-0.3, -0.25) is 9.78 Å². The predicted octanol–water partition coefficient (Wildman–Crippen LogP) is 3.74. The smallest absolute Gasteiger partial charge is 0.227 e. The molecule has 2 rings (SSSR count). The van der Waals surface area contributed by atoms with E-state index in [1.807, 2.05) is 12.1 Å². The first-order valence-electron chi connectivity index (χ1n) is 7.81. The summed E-state index contributed by atoms with van der Waals surface area (Å²) in [6.07, 6.45) is 9.63. The molecule has 1 amide bonds. The van der Waals surface area contributed by atoms with Gasteiger partial charge >= 0.3 is 0 Å². The maximum Gasteiger partial charge on any atom is 0.227 e. The molecule has 5 heteroatoms. The predicted molar refractivity (Wildman–Crippen MR) is 86.0 cm³/mol. The molecule has 0 radical (unpaired) electrons. The first kappa shape index (κ1) is 16.2. The first-order valence-corrected chi connectivity index (χ1v) is 8.19. The summed E-state index contributed by atoms with van der Waals surface area (Å²) < 4.78 is 0. The normalized spacial score (nSPS) is 23.5. The van der Waals surface area contributed by atoms with Gasteiger partial charge in [0.2, 0.25) is 5.91 Å². The average molecular weight is 310 g/mol. The van der Waals surface area contributed by atoms with Crippen LogP contribution in [0.15, 0.2) is 24.5 Å². The van der Waals surface area contributed by atoms with Gasteiger partial charge in [-0.1, -0.05) is 13.3 Å². The number of anilines is 1. The molecular weight excluding hydrogens is 286 g/mol. The van der Waals surface area contributed by atoms with Crippen LogP contribution in [0, 0.1) is 11.8 Å². The summed E-state index contributed by atoms with van der Waals surface area (Å²) in [5.74, 6) is 0.838. The number of nitrogens with zero attached hydrogens (tertiary/aromatic N) is 1. The highest BCUT2D eigenvalue weighted by atomic mass is 35.5. The van der Waals surface area contributed by atoms with Crippen molar-refractivity contribution >= 4 is 23.4 Å². The molecule has 0 spiro atoms. The summed E-state index contributed by atoms with van der Waals surface area (Å²) >= 11 is 5.85. The minimum atomic E-state index is 0.118. The molecule has 21 heavy (non-hydrogen) atoms. The molecule has 2 N–H and O–H groups in total. The van der Waals surface area contributed by atoms with Crippen molar-refractivity contribution in [3.8, 4) is 0 Å². The van der Waals surface area contributed by atoms with E-state index in [-0.39, 0.29) is 11.8 Å². The second-order valence-electron chi connectivity index (χ2n) is 5.84. The van der Waals surface area contributed by atoms with Gasteiger partial charge in [-0.25, -0.2) is 4.84 Å². The van der Waals surface area contributed by atoms with E-state index in [0.29, 0.717) is 12.0 Å². The lowest BCUT2D eigenvalue weighted by Gasteiger charge is -2.32. The van der Waals surface area contributed by atoms with Crippen molar-refractivity contribution < 1.29 is 4.79 Å². The van der Waals surface area contributed by atoms with Gasteiger partial charge in [0.05, 0.1) is 0 Å². The minimum Gasteiger partial charge on any atom is -0.326 e. The summed E-state index contributed by atoms with van der Waals surface area (Å²) in [5.41, 5.74) is 0.823. The van der Waals surface area contributed by atoms with E-state index in [0.717, 1.165) is 44.2 Å². The molecular formula is C16H24ClN3O. The van der Waals surface area contributed by atoms with Gasteiger partial charge in [0.1, 0.15) is 0 Å². The van der Waals surface area contributed by atoms with Crippen molar-refractivity contribution in [1.29, 1.82) is 0 Å². The molecule has 116 valence electrons. The van der Waals surface area contributed by atoms with Crippen molar-refractivity contribution in [1.82, 2.24) is 9.82 Å². The number of hydrogen-bond acceptors (Lipinski definition) is 3. The summed E-state index contributed by atoms with van der Waals surface area (Å²) in [5, 5.41) is 2.97. The number of carbonyl (C=O) groups is 1. The third-order valence-corrected chi connectivity index (χ3v) is 4.68. The maximum absolute atomic E-state index is 12.3. The summed E-state index contributed by atoms with van der Waals surface area (Å²) in [7, 11) is 0. The Balaban J connectivity index is 1.82. The number of rotatable bonds is 6. The third kappa shape index (κ3) is 4.68. The molecule has 0 aliphatic heterocycles. The lowest BCUT2D eigenvalue weighted by molar-refractivity contribution is -0.121. The van der Waals surface area contributed by atoms with Gasteiger partial charge in [-0.15, -0.1) is 0 Å². The van der Waals surface area contributed by atoms with Gasteiger partial charge in [0.25, 0.3) is 0 Å². The fourth-order valence-corrected chi connectivity index (χ4v) is 3.44. The van der Waals surface area contributed by atoms with Crippen LogP contribution in [0.5, 0.6) is 0 Å². The van der Waals surface area contributed by atoms with E-state index < -0.39 is 0 Å². The van der Waals surface area contributed by atoms with Gasteiger partial charge in [0, 0.05) is 30.0 Å². The number of nitrogens with one attached hydrogen (secondary N) is 2. The minimum absolute atomic E-state index is 0.118. The van der Waals surface area contributed by atoms with Gasteiger partial charge in [0.15, 0.2) is 0 Å². The largest absolute Gasteiger partial charge is 0.326 e. The number of carbonyl (C=O) groups excluding carboxylic acids is 1. The highest BCUT2D eigenvalue weighted by molar-refractivity contribution is 6.13. The molecule has 1 atom stereocenters. The van der Waals surface area contributed by atoms with E-state index in [1.165, 1.54) is 0 Å². The second kappa shape index (κ2) is 8.35. The topological polar surface area (TPSA) is 54.0 Å². The van der Waals surface area contributed by atoms with E-state index in [1.54, 1.807) is 12.4 Å².